The number of halogens is 2. The second-order valence-electron chi connectivity index (χ2n) is 9.08. The van der Waals surface area contributed by atoms with E-state index in [1.807, 2.05) is 0 Å². The van der Waals surface area contributed by atoms with Crippen molar-refractivity contribution in [1.29, 1.82) is 0 Å². The molecule has 0 aliphatic carbocycles. The first-order chi connectivity index (χ1) is 18.4. The van der Waals surface area contributed by atoms with Gasteiger partial charge in [-0.3, -0.25) is 9.59 Å². The second kappa shape index (κ2) is 9.42. The molecule has 1 fully saturated rings. The molecule has 194 valence electrons. The van der Waals surface area contributed by atoms with Crippen LogP contribution in [0.1, 0.15) is 0 Å². The van der Waals surface area contributed by atoms with Crippen LogP contribution in [0.5, 0.6) is 11.5 Å². The number of nitrogens with zero attached hydrogens (tertiary/aromatic N) is 4. The van der Waals surface area contributed by atoms with Crippen molar-refractivity contribution in [1.82, 2.24) is 24.0 Å². The van der Waals surface area contributed by atoms with Gasteiger partial charge in [-0.25, -0.2) is 13.8 Å². The number of benzene rings is 2. The zero-order chi connectivity index (χ0) is 26.4. The van der Waals surface area contributed by atoms with Crippen molar-refractivity contribution < 1.29 is 23.0 Å². The van der Waals surface area contributed by atoms with E-state index in [2.05, 4.69) is 9.97 Å². The van der Waals surface area contributed by atoms with Gasteiger partial charge >= 0.3 is 0 Å². The molecule has 9 nitrogen and oxygen atoms in total. The Morgan fingerprint density at radius 2 is 1.95 bits per heavy atom. The van der Waals surface area contributed by atoms with E-state index < -0.39 is 11.6 Å². The number of aromatic amines is 1. The average molecular weight is 520 g/mol. The van der Waals surface area contributed by atoms with E-state index >= 15 is 0 Å². The summed E-state index contributed by atoms with van der Waals surface area (Å²) in [5.74, 6) is -1.70. The van der Waals surface area contributed by atoms with Crippen molar-refractivity contribution >= 4 is 27.8 Å². The van der Waals surface area contributed by atoms with E-state index in [9.17, 15) is 18.4 Å². The monoisotopic (exact) mass is 519 g/mol. The van der Waals surface area contributed by atoms with E-state index in [1.54, 1.807) is 47.1 Å². The molecule has 1 aliphatic heterocycles. The van der Waals surface area contributed by atoms with Crippen LogP contribution in [-0.2, 0) is 23.1 Å². The number of carbonyl (C=O) groups excluding carboxylic acids is 1. The summed E-state index contributed by atoms with van der Waals surface area (Å²) in [6.45, 7) is 1.90. The Labute approximate surface area is 214 Å². The smallest absolute Gasteiger partial charge is 0.274 e. The number of imidazole rings is 1. The number of fused-ring (bicyclic) bond motifs is 2. The quantitative estimate of drug-likeness (QED) is 0.381. The zero-order valence-electron chi connectivity index (χ0n) is 20.4. The van der Waals surface area contributed by atoms with Crippen LogP contribution < -0.4 is 10.3 Å². The van der Waals surface area contributed by atoms with E-state index in [0.29, 0.717) is 59.4 Å². The number of nitrogens with one attached hydrogen (secondary N) is 1. The lowest BCUT2D eigenvalue weighted by molar-refractivity contribution is -0.135. The van der Waals surface area contributed by atoms with Crippen molar-refractivity contribution in [2.75, 3.05) is 26.3 Å². The van der Waals surface area contributed by atoms with Gasteiger partial charge in [0.2, 0.25) is 5.91 Å². The molecule has 6 rings (SSSR count). The number of hydrogen-bond acceptors (Lipinski definition) is 5. The Bertz CT molecular complexity index is 1750. The van der Waals surface area contributed by atoms with Crippen LogP contribution >= 0.6 is 0 Å². The van der Waals surface area contributed by atoms with Gasteiger partial charge in [0.15, 0.2) is 17.3 Å². The fourth-order valence-electron chi connectivity index (χ4n) is 4.78. The number of ether oxygens (including phenoxy) is 2. The van der Waals surface area contributed by atoms with Crippen molar-refractivity contribution in [2.24, 2.45) is 7.05 Å². The molecule has 1 N–H and O–H groups in total. The minimum absolute atomic E-state index is 0.0188. The number of hydrogen-bond donors (Lipinski definition) is 1. The minimum atomic E-state index is -0.879. The predicted octanol–water partition coefficient (Wildman–Crippen LogP) is 3.81. The van der Waals surface area contributed by atoms with Gasteiger partial charge in [0.25, 0.3) is 5.56 Å². The van der Waals surface area contributed by atoms with E-state index in [0.717, 1.165) is 12.1 Å². The second-order valence-corrected chi connectivity index (χ2v) is 9.08. The van der Waals surface area contributed by atoms with Crippen LogP contribution in [0.3, 0.4) is 0 Å². The molecule has 0 unspecified atom stereocenters. The summed E-state index contributed by atoms with van der Waals surface area (Å²) in [7, 11) is 1.63. The van der Waals surface area contributed by atoms with E-state index in [1.165, 1.54) is 17.0 Å². The number of aromatic nitrogens is 4. The number of amides is 1. The standard InChI is InChI=1S/C27H23F2N5O4/c1-32-13-19(17-6-7-30-24(17)27(32)36)18-3-4-21-25(26(18)38-22-5-2-16(28)12-20(22)29)34(15-31-21)14-23(35)33-8-10-37-11-9-33/h2-7,12-13,15,30H,8-11,14H2,1H3. The highest BCUT2D eigenvalue weighted by Gasteiger charge is 2.23. The summed E-state index contributed by atoms with van der Waals surface area (Å²) in [5.41, 5.74) is 2.38. The van der Waals surface area contributed by atoms with Crippen LogP contribution in [0.4, 0.5) is 8.78 Å². The van der Waals surface area contributed by atoms with Crippen LogP contribution in [-0.4, -0.2) is 56.2 Å². The van der Waals surface area contributed by atoms with Gasteiger partial charge in [0, 0.05) is 55.1 Å². The van der Waals surface area contributed by atoms with Crippen LogP contribution in [0.15, 0.2) is 59.9 Å². The number of H-pyrrole nitrogens is 1. The van der Waals surface area contributed by atoms with Crippen LogP contribution in [0.25, 0.3) is 33.1 Å². The Morgan fingerprint density at radius 3 is 2.74 bits per heavy atom. The number of aryl methyl sites for hydroxylation is 1. The largest absolute Gasteiger partial charge is 0.451 e. The molecule has 4 heterocycles. The minimum Gasteiger partial charge on any atom is -0.451 e. The summed E-state index contributed by atoms with van der Waals surface area (Å²) in [4.78, 5) is 34.9. The topological polar surface area (TPSA) is 94.4 Å². The van der Waals surface area contributed by atoms with Gasteiger partial charge in [-0.05, 0) is 30.3 Å². The Kier molecular flexibility index (Phi) is 5.91. The van der Waals surface area contributed by atoms with Crippen LogP contribution in [0.2, 0.25) is 0 Å². The Morgan fingerprint density at radius 1 is 1.13 bits per heavy atom. The maximum atomic E-state index is 14.8. The summed E-state index contributed by atoms with van der Waals surface area (Å²) in [6.07, 6.45) is 4.87. The first kappa shape index (κ1) is 23.9. The molecule has 1 aliphatic rings. The van der Waals surface area contributed by atoms with E-state index in [-0.39, 0.29) is 29.5 Å². The predicted molar refractivity (Wildman–Crippen MR) is 136 cm³/mol. The third-order valence-electron chi connectivity index (χ3n) is 6.69. The van der Waals surface area contributed by atoms with Gasteiger partial charge in [0.1, 0.15) is 23.4 Å². The number of morpholine rings is 1. The molecule has 11 heteroatoms. The van der Waals surface area contributed by atoms with Crippen molar-refractivity contribution in [3.63, 3.8) is 0 Å². The normalized spacial score (nSPS) is 13.9. The molecule has 3 aromatic heterocycles. The highest BCUT2D eigenvalue weighted by molar-refractivity contribution is 6.00. The van der Waals surface area contributed by atoms with Crippen molar-refractivity contribution in [3.05, 3.63) is 77.1 Å². The number of carbonyl (C=O) groups is 1. The highest BCUT2D eigenvalue weighted by Crippen LogP contribution is 2.42. The third-order valence-corrected chi connectivity index (χ3v) is 6.69. The summed E-state index contributed by atoms with van der Waals surface area (Å²) in [5, 5.41) is 0.646. The highest BCUT2D eigenvalue weighted by atomic mass is 19.1. The lowest BCUT2D eigenvalue weighted by Crippen LogP contribution is -2.42. The zero-order valence-corrected chi connectivity index (χ0v) is 20.4. The van der Waals surface area contributed by atoms with Gasteiger partial charge in [-0.1, -0.05) is 0 Å². The summed E-state index contributed by atoms with van der Waals surface area (Å²) < 4.78 is 43.0. The molecule has 0 spiro atoms. The van der Waals surface area contributed by atoms with Crippen molar-refractivity contribution in [3.8, 4) is 22.6 Å². The molecule has 0 saturated carbocycles. The fraction of sp³-hybridized carbons (Fsp3) is 0.222. The first-order valence-electron chi connectivity index (χ1n) is 12.0. The molecule has 38 heavy (non-hydrogen) atoms. The van der Waals surface area contributed by atoms with Gasteiger partial charge in [0.05, 0.1) is 25.1 Å². The van der Waals surface area contributed by atoms with E-state index in [4.69, 9.17) is 9.47 Å². The molecule has 5 aromatic rings. The van der Waals surface area contributed by atoms with Crippen molar-refractivity contribution in [2.45, 2.75) is 6.54 Å². The summed E-state index contributed by atoms with van der Waals surface area (Å²) in [6, 6.07) is 8.38. The molecule has 1 amide bonds. The maximum absolute atomic E-state index is 14.8. The molecular formula is C27H23F2N5O4. The van der Waals surface area contributed by atoms with Gasteiger partial charge in [-0.15, -0.1) is 0 Å². The average Bonchev–Trinajstić information content (AvgIpc) is 3.57. The third kappa shape index (κ3) is 4.10. The molecule has 0 bridgehead atoms. The Hall–Kier alpha value is -4.51. The SMILES string of the molecule is Cn1cc(-c2ccc3ncn(CC(=O)N4CCOCC4)c3c2Oc2ccc(F)cc2F)c2cc[nH]c2c1=O. The number of rotatable bonds is 5. The summed E-state index contributed by atoms with van der Waals surface area (Å²) >= 11 is 0. The van der Waals surface area contributed by atoms with Gasteiger partial charge < -0.3 is 28.5 Å². The molecule has 0 atom stereocenters. The van der Waals surface area contributed by atoms with Gasteiger partial charge in [-0.2, -0.15) is 0 Å². The fourth-order valence-corrected chi connectivity index (χ4v) is 4.78. The van der Waals surface area contributed by atoms with Crippen LogP contribution in [0, 0.1) is 11.6 Å². The number of pyridine rings is 1. The molecule has 1 saturated heterocycles. The lowest BCUT2D eigenvalue weighted by atomic mass is 10.0. The first-order valence-corrected chi connectivity index (χ1v) is 12.0. The molecular weight excluding hydrogens is 496 g/mol. The Balaban J connectivity index is 1.55. The molecule has 0 radical (unpaired) electrons. The maximum Gasteiger partial charge on any atom is 0.274 e. The molecule has 2 aromatic carbocycles. The lowest BCUT2D eigenvalue weighted by Gasteiger charge is -2.27.